The lowest BCUT2D eigenvalue weighted by Gasteiger charge is -2.60. The Kier molecular flexibility index (Phi) is 5.06. The molecule has 0 atom stereocenters. The van der Waals surface area contributed by atoms with Crippen LogP contribution in [0.3, 0.4) is 0 Å². The number of carbonyl (C=O) groups excluding carboxylic acids is 2. The molecule has 1 heterocycles. The van der Waals surface area contributed by atoms with E-state index < -0.39 is 0 Å². The van der Waals surface area contributed by atoms with Crippen LogP contribution in [0.5, 0.6) is 0 Å². The van der Waals surface area contributed by atoms with Gasteiger partial charge in [0, 0.05) is 50.5 Å². The zero-order valence-corrected chi connectivity index (χ0v) is 15.9. The van der Waals surface area contributed by atoms with Gasteiger partial charge < -0.3 is 4.90 Å². The lowest BCUT2D eigenvalue weighted by molar-refractivity contribution is -0.146. The molecule has 1 amide bonds. The van der Waals surface area contributed by atoms with E-state index in [-0.39, 0.29) is 5.92 Å². The molecule has 0 aromatic carbocycles. The van der Waals surface area contributed by atoms with Crippen molar-refractivity contribution in [3.8, 4) is 0 Å². The summed E-state index contributed by atoms with van der Waals surface area (Å²) in [5, 5.41) is 0. The zero-order chi connectivity index (χ0) is 17.5. The molecule has 1 spiro atoms. The summed E-state index contributed by atoms with van der Waals surface area (Å²) in [6.07, 6.45) is 5.49. The molecule has 0 N–H and O–H groups in total. The molecule has 1 aliphatic heterocycles. The van der Waals surface area contributed by atoms with Crippen LogP contribution in [0.1, 0.15) is 59.8 Å². The van der Waals surface area contributed by atoms with Gasteiger partial charge in [0.1, 0.15) is 5.78 Å². The van der Waals surface area contributed by atoms with Gasteiger partial charge in [-0.25, -0.2) is 0 Å². The average molecular weight is 335 g/mol. The molecule has 0 aromatic heterocycles. The molecule has 136 valence electrons. The first kappa shape index (κ1) is 17.9. The second-order valence-electron chi connectivity index (χ2n) is 9.24. The third kappa shape index (κ3) is 3.54. The van der Waals surface area contributed by atoms with Crippen molar-refractivity contribution in [2.24, 2.45) is 23.2 Å². The topological polar surface area (TPSA) is 40.6 Å². The van der Waals surface area contributed by atoms with Crippen LogP contribution >= 0.6 is 0 Å². The van der Waals surface area contributed by atoms with Crippen LogP contribution in [0.25, 0.3) is 0 Å². The number of hydrogen-bond acceptors (Lipinski definition) is 3. The normalized spacial score (nSPS) is 33.7. The molecule has 24 heavy (non-hydrogen) atoms. The van der Waals surface area contributed by atoms with Crippen molar-refractivity contribution in [3.05, 3.63) is 0 Å². The van der Waals surface area contributed by atoms with Crippen molar-refractivity contribution in [2.75, 3.05) is 26.2 Å². The van der Waals surface area contributed by atoms with Crippen molar-refractivity contribution in [2.45, 2.75) is 65.8 Å². The first-order valence-corrected chi connectivity index (χ1v) is 9.85. The van der Waals surface area contributed by atoms with Crippen molar-refractivity contribution in [1.29, 1.82) is 0 Å². The minimum absolute atomic E-state index is 0.194. The fourth-order valence-electron chi connectivity index (χ4n) is 5.00. The largest absolute Gasteiger partial charge is 0.340 e. The van der Waals surface area contributed by atoms with E-state index in [1.807, 2.05) is 18.7 Å². The van der Waals surface area contributed by atoms with E-state index in [9.17, 15) is 9.59 Å². The van der Waals surface area contributed by atoms with Crippen molar-refractivity contribution in [3.63, 3.8) is 0 Å². The van der Waals surface area contributed by atoms with Gasteiger partial charge in [-0.15, -0.1) is 0 Å². The van der Waals surface area contributed by atoms with E-state index >= 15 is 0 Å². The van der Waals surface area contributed by atoms with E-state index in [0.29, 0.717) is 41.4 Å². The van der Waals surface area contributed by atoms with E-state index in [1.165, 1.54) is 12.8 Å². The number of ketones is 1. The van der Waals surface area contributed by atoms with E-state index in [1.54, 1.807) is 0 Å². The zero-order valence-electron chi connectivity index (χ0n) is 15.9. The highest BCUT2D eigenvalue weighted by atomic mass is 16.2. The van der Waals surface area contributed by atoms with Crippen LogP contribution in [0.4, 0.5) is 0 Å². The highest BCUT2D eigenvalue weighted by molar-refractivity contribution is 5.83. The molecular weight excluding hydrogens is 300 g/mol. The summed E-state index contributed by atoms with van der Waals surface area (Å²) < 4.78 is 0. The van der Waals surface area contributed by atoms with Gasteiger partial charge in [0.05, 0.1) is 0 Å². The molecule has 2 aliphatic carbocycles. The molecule has 2 saturated carbocycles. The molecule has 1 saturated heterocycles. The quantitative estimate of drug-likeness (QED) is 0.776. The number of Topliss-reactive ketones (excluding diaryl/α,β-unsaturated/α-hetero) is 1. The number of carbonyl (C=O) groups is 2. The van der Waals surface area contributed by atoms with E-state index in [0.717, 1.165) is 39.0 Å². The summed E-state index contributed by atoms with van der Waals surface area (Å²) in [4.78, 5) is 28.9. The maximum absolute atomic E-state index is 12.2. The summed E-state index contributed by atoms with van der Waals surface area (Å²) >= 11 is 0. The Hall–Kier alpha value is -0.900. The standard InChI is InChI=1S/C20H34N2O2/c1-14(2)9-18(23)22-7-5-21(6-8-22)17-12-20(13-17)10-16(11-20)19(24)15(3)4/h14-17H,5-13H2,1-4H3/t16-,17-,20?. The summed E-state index contributed by atoms with van der Waals surface area (Å²) in [7, 11) is 0. The Morgan fingerprint density at radius 2 is 1.54 bits per heavy atom. The molecule has 0 unspecified atom stereocenters. The number of hydrogen-bond donors (Lipinski definition) is 0. The molecule has 0 bridgehead atoms. The summed E-state index contributed by atoms with van der Waals surface area (Å²) in [6, 6.07) is 0.697. The van der Waals surface area contributed by atoms with Crippen LogP contribution in [0.2, 0.25) is 0 Å². The molecule has 3 rings (SSSR count). The minimum Gasteiger partial charge on any atom is -0.340 e. The van der Waals surface area contributed by atoms with Gasteiger partial charge in [-0.3, -0.25) is 14.5 Å². The number of rotatable bonds is 5. The summed E-state index contributed by atoms with van der Waals surface area (Å²) in [5.41, 5.74) is 0.491. The Bertz CT molecular complexity index is 478. The third-order valence-corrected chi connectivity index (χ3v) is 6.43. The molecule has 0 aromatic rings. The lowest BCUT2D eigenvalue weighted by Crippen LogP contribution is -2.61. The van der Waals surface area contributed by atoms with Crippen molar-refractivity contribution in [1.82, 2.24) is 9.80 Å². The summed E-state index contributed by atoms with van der Waals surface area (Å²) in [6.45, 7) is 12.1. The van der Waals surface area contributed by atoms with Crippen molar-refractivity contribution < 1.29 is 9.59 Å². The van der Waals surface area contributed by atoms with Gasteiger partial charge in [0.15, 0.2) is 0 Å². The first-order chi connectivity index (χ1) is 11.3. The number of amides is 1. The van der Waals surface area contributed by atoms with Gasteiger partial charge in [0.25, 0.3) is 0 Å². The molecule has 4 nitrogen and oxygen atoms in total. The smallest absolute Gasteiger partial charge is 0.222 e. The van der Waals surface area contributed by atoms with Crippen LogP contribution < -0.4 is 0 Å². The molecule has 0 radical (unpaired) electrons. The van der Waals surface area contributed by atoms with Crippen LogP contribution in [-0.2, 0) is 9.59 Å². The second-order valence-corrected chi connectivity index (χ2v) is 9.24. The highest BCUT2D eigenvalue weighted by Crippen LogP contribution is 2.60. The van der Waals surface area contributed by atoms with Crippen molar-refractivity contribution >= 4 is 11.7 Å². The molecule has 4 heteroatoms. The van der Waals surface area contributed by atoms with E-state index in [2.05, 4.69) is 18.7 Å². The first-order valence-electron chi connectivity index (χ1n) is 9.85. The maximum atomic E-state index is 12.2. The summed E-state index contributed by atoms with van der Waals surface area (Å²) in [5.74, 6) is 1.78. The maximum Gasteiger partial charge on any atom is 0.222 e. The molecule has 3 fully saturated rings. The number of piperazine rings is 1. The fraction of sp³-hybridized carbons (Fsp3) is 0.900. The molecular formula is C20H34N2O2. The van der Waals surface area contributed by atoms with Crippen LogP contribution in [0, 0.1) is 23.2 Å². The Balaban J connectivity index is 1.38. The van der Waals surface area contributed by atoms with Gasteiger partial charge in [0.2, 0.25) is 5.91 Å². The highest BCUT2D eigenvalue weighted by Gasteiger charge is 2.55. The number of nitrogens with zero attached hydrogens (tertiary/aromatic N) is 2. The lowest BCUT2D eigenvalue weighted by atomic mass is 9.48. The SMILES string of the molecule is CC(C)CC(=O)N1CCN([C@H]2CC3(C[C@H](C(=O)C(C)C)C3)C2)CC1. The Labute approximate surface area is 146 Å². The monoisotopic (exact) mass is 334 g/mol. The Morgan fingerprint density at radius 1 is 0.958 bits per heavy atom. The predicted molar refractivity (Wildman–Crippen MR) is 95.6 cm³/mol. The average Bonchev–Trinajstić information content (AvgIpc) is 2.43. The van der Waals surface area contributed by atoms with Crippen LogP contribution in [-0.4, -0.2) is 53.7 Å². The Morgan fingerprint density at radius 3 is 2.04 bits per heavy atom. The predicted octanol–water partition coefficient (Wildman–Crippen LogP) is 2.96. The van der Waals surface area contributed by atoms with E-state index in [4.69, 9.17) is 0 Å². The minimum atomic E-state index is 0.194. The molecule has 3 aliphatic rings. The third-order valence-electron chi connectivity index (χ3n) is 6.43. The van der Waals surface area contributed by atoms with Gasteiger partial charge in [-0.1, -0.05) is 27.7 Å². The fourth-order valence-corrected chi connectivity index (χ4v) is 5.00. The second kappa shape index (κ2) is 6.78. The van der Waals surface area contributed by atoms with Crippen LogP contribution in [0.15, 0.2) is 0 Å². The van der Waals surface area contributed by atoms with Gasteiger partial charge in [-0.05, 0) is 37.0 Å². The van der Waals surface area contributed by atoms with Gasteiger partial charge in [-0.2, -0.15) is 0 Å². The van der Waals surface area contributed by atoms with Gasteiger partial charge >= 0.3 is 0 Å².